The van der Waals surface area contributed by atoms with Crippen molar-refractivity contribution in [2.24, 2.45) is 11.5 Å². The van der Waals surface area contributed by atoms with Gasteiger partial charge in [-0.05, 0) is 30.0 Å². The highest BCUT2D eigenvalue weighted by Gasteiger charge is 2.18. The first kappa shape index (κ1) is 14.0. The largest absolute Gasteiger partial charge is 0.494 e. The smallest absolute Gasteiger partial charge is 0.124 e. The van der Waals surface area contributed by atoms with Crippen LogP contribution in [0.5, 0.6) is 5.75 Å². The number of hydrogen-bond donors (Lipinski definition) is 2. The Morgan fingerprint density at radius 2 is 1.94 bits per heavy atom. The van der Waals surface area contributed by atoms with Crippen LogP contribution in [-0.2, 0) is 5.41 Å². The molecule has 4 N–H and O–H groups in total. The Kier molecular flexibility index (Phi) is 4.54. The molecule has 0 aliphatic heterocycles. The van der Waals surface area contributed by atoms with E-state index in [0.717, 1.165) is 11.3 Å². The summed E-state index contributed by atoms with van der Waals surface area (Å²) in [5.41, 5.74) is 14.0. The fourth-order valence-electron chi connectivity index (χ4n) is 1.72. The van der Waals surface area contributed by atoms with E-state index in [1.807, 2.05) is 13.0 Å². The van der Waals surface area contributed by atoms with Crippen molar-refractivity contribution in [3.63, 3.8) is 0 Å². The Hall–Kier alpha value is -1.06. The first-order chi connectivity index (χ1) is 7.90. The molecule has 1 atom stereocenters. The van der Waals surface area contributed by atoms with Crippen molar-refractivity contribution < 1.29 is 4.74 Å². The third kappa shape index (κ3) is 3.45. The molecule has 0 aliphatic rings. The summed E-state index contributed by atoms with van der Waals surface area (Å²) in [6.45, 7) is 9.57. The second-order valence-electron chi connectivity index (χ2n) is 5.28. The van der Waals surface area contributed by atoms with E-state index in [2.05, 4.69) is 32.9 Å². The Bertz CT molecular complexity index is 369. The third-order valence-electron chi connectivity index (χ3n) is 2.83. The number of nitrogens with two attached hydrogens (primary N) is 2. The predicted molar refractivity (Wildman–Crippen MR) is 72.3 cm³/mol. The first-order valence-corrected chi connectivity index (χ1v) is 6.13. The summed E-state index contributed by atoms with van der Waals surface area (Å²) in [5.74, 6) is 0.846. The topological polar surface area (TPSA) is 61.3 Å². The molecule has 0 heterocycles. The Balaban J connectivity index is 3.19. The van der Waals surface area contributed by atoms with Gasteiger partial charge in [-0.1, -0.05) is 26.8 Å². The number of ether oxygens (including phenoxy) is 1. The van der Waals surface area contributed by atoms with Crippen LogP contribution in [0, 0.1) is 0 Å². The summed E-state index contributed by atoms with van der Waals surface area (Å²) < 4.78 is 5.59. The lowest BCUT2D eigenvalue weighted by Crippen LogP contribution is -2.22. The Morgan fingerprint density at radius 3 is 2.41 bits per heavy atom. The second kappa shape index (κ2) is 5.52. The number of benzene rings is 1. The maximum Gasteiger partial charge on any atom is 0.124 e. The Labute approximate surface area is 104 Å². The molecule has 1 unspecified atom stereocenters. The van der Waals surface area contributed by atoms with Gasteiger partial charge in [-0.15, -0.1) is 0 Å². The van der Waals surface area contributed by atoms with Gasteiger partial charge in [0.25, 0.3) is 0 Å². The molecule has 0 saturated carbocycles. The van der Waals surface area contributed by atoms with Gasteiger partial charge in [0.15, 0.2) is 0 Å². The number of hydrogen-bond acceptors (Lipinski definition) is 3. The highest BCUT2D eigenvalue weighted by molar-refractivity contribution is 5.41. The molecular formula is C14H24N2O. The summed E-state index contributed by atoms with van der Waals surface area (Å²) in [5, 5.41) is 0. The van der Waals surface area contributed by atoms with E-state index in [9.17, 15) is 0 Å². The zero-order chi connectivity index (χ0) is 13.1. The van der Waals surface area contributed by atoms with Gasteiger partial charge in [0.2, 0.25) is 0 Å². The minimum absolute atomic E-state index is 0.105. The van der Waals surface area contributed by atoms with Crippen LogP contribution in [-0.4, -0.2) is 13.2 Å². The van der Waals surface area contributed by atoms with Crippen molar-refractivity contribution in [3.05, 3.63) is 29.3 Å². The van der Waals surface area contributed by atoms with Crippen molar-refractivity contribution in [2.45, 2.75) is 39.2 Å². The molecule has 0 aliphatic carbocycles. The maximum absolute atomic E-state index is 6.03. The molecule has 0 amide bonds. The minimum atomic E-state index is -0.168. The van der Waals surface area contributed by atoms with E-state index in [-0.39, 0.29) is 11.5 Å². The zero-order valence-corrected chi connectivity index (χ0v) is 11.3. The molecule has 17 heavy (non-hydrogen) atoms. The molecule has 3 nitrogen and oxygen atoms in total. The van der Waals surface area contributed by atoms with Gasteiger partial charge in [-0.25, -0.2) is 0 Å². The van der Waals surface area contributed by atoms with Crippen LogP contribution < -0.4 is 16.2 Å². The number of rotatable bonds is 4. The summed E-state index contributed by atoms with van der Waals surface area (Å²) >= 11 is 0. The average Bonchev–Trinajstić information content (AvgIpc) is 2.27. The lowest BCUT2D eigenvalue weighted by Gasteiger charge is -2.23. The average molecular weight is 236 g/mol. The van der Waals surface area contributed by atoms with Crippen LogP contribution in [0.1, 0.15) is 44.9 Å². The fourth-order valence-corrected chi connectivity index (χ4v) is 1.72. The molecule has 0 radical (unpaired) electrons. The van der Waals surface area contributed by atoms with Gasteiger partial charge < -0.3 is 16.2 Å². The molecule has 1 aromatic carbocycles. The van der Waals surface area contributed by atoms with Gasteiger partial charge in [-0.3, -0.25) is 0 Å². The van der Waals surface area contributed by atoms with E-state index >= 15 is 0 Å². The quantitative estimate of drug-likeness (QED) is 0.843. The summed E-state index contributed by atoms with van der Waals surface area (Å²) in [6.07, 6.45) is 0. The van der Waals surface area contributed by atoms with Crippen LogP contribution in [0.2, 0.25) is 0 Å². The maximum atomic E-state index is 6.03. The van der Waals surface area contributed by atoms with Gasteiger partial charge in [0.05, 0.1) is 6.61 Å². The minimum Gasteiger partial charge on any atom is -0.494 e. The van der Waals surface area contributed by atoms with E-state index in [1.54, 1.807) is 0 Å². The summed E-state index contributed by atoms with van der Waals surface area (Å²) in [6, 6.07) is 6.04. The molecule has 0 aromatic heterocycles. The fraction of sp³-hybridized carbons (Fsp3) is 0.571. The third-order valence-corrected chi connectivity index (χ3v) is 2.83. The second-order valence-corrected chi connectivity index (χ2v) is 5.28. The summed E-state index contributed by atoms with van der Waals surface area (Å²) in [4.78, 5) is 0. The van der Waals surface area contributed by atoms with E-state index in [1.165, 1.54) is 5.56 Å². The van der Waals surface area contributed by atoms with E-state index in [0.29, 0.717) is 13.2 Å². The van der Waals surface area contributed by atoms with Crippen LogP contribution in [0.25, 0.3) is 0 Å². The van der Waals surface area contributed by atoms with Crippen LogP contribution >= 0.6 is 0 Å². The highest BCUT2D eigenvalue weighted by Crippen LogP contribution is 2.30. The van der Waals surface area contributed by atoms with Gasteiger partial charge in [-0.2, -0.15) is 0 Å². The van der Waals surface area contributed by atoms with Crippen molar-refractivity contribution in [3.8, 4) is 5.75 Å². The molecule has 0 fully saturated rings. The molecule has 96 valence electrons. The lowest BCUT2D eigenvalue weighted by molar-refractivity contribution is 0.334. The molecule has 0 saturated heterocycles. The van der Waals surface area contributed by atoms with Crippen molar-refractivity contribution in [2.75, 3.05) is 13.2 Å². The van der Waals surface area contributed by atoms with E-state index in [4.69, 9.17) is 16.2 Å². The summed E-state index contributed by atoms with van der Waals surface area (Å²) in [7, 11) is 0. The highest BCUT2D eigenvalue weighted by atomic mass is 16.5. The van der Waals surface area contributed by atoms with Gasteiger partial charge >= 0.3 is 0 Å². The first-order valence-electron chi connectivity index (χ1n) is 6.13. The molecule has 1 rings (SSSR count). The Morgan fingerprint density at radius 1 is 1.29 bits per heavy atom. The monoisotopic (exact) mass is 236 g/mol. The molecular weight excluding hydrogens is 212 g/mol. The molecule has 0 bridgehead atoms. The normalized spacial score (nSPS) is 13.5. The van der Waals surface area contributed by atoms with Crippen LogP contribution in [0.3, 0.4) is 0 Å². The van der Waals surface area contributed by atoms with E-state index < -0.39 is 0 Å². The standard InChI is InChI=1S/C14H24N2O/c1-5-17-13-7-6-10(14(2,3)4)8-11(13)12(16)9-15/h6-8,12H,5,9,15-16H2,1-4H3. The zero-order valence-electron chi connectivity index (χ0n) is 11.3. The molecule has 3 heteroatoms. The predicted octanol–water partition coefficient (Wildman–Crippen LogP) is 2.34. The molecule has 0 spiro atoms. The molecule has 1 aromatic rings. The van der Waals surface area contributed by atoms with Gasteiger partial charge in [0.1, 0.15) is 5.75 Å². The van der Waals surface area contributed by atoms with Crippen LogP contribution in [0.15, 0.2) is 18.2 Å². The SMILES string of the molecule is CCOc1ccc(C(C)(C)C)cc1C(N)CN. The van der Waals surface area contributed by atoms with Crippen LogP contribution in [0.4, 0.5) is 0 Å². The lowest BCUT2D eigenvalue weighted by atomic mass is 9.85. The van der Waals surface area contributed by atoms with Crippen molar-refractivity contribution >= 4 is 0 Å². The van der Waals surface area contributed by atoms with Crippen molar-refractivity contribution in [1.82, 2.24) is 0 Å². The van der Waals surface area contributed by atoms with Gasteiger partial charge in [0, 0.05) is 18.2 Å². The van der Waals surface area contributed by atoms with Crippen molar-refractivity contribution in [1.29, 1.82) is 0 Å².